The lowest BCUT2D eigenvalue weighted by Crippen LogP contribution is -2.59. The summed E-state index contributed by atoms with van der Waals surface area (Å²) in [5.41, 5.74) is 0. The minimum Gasteiger partial charge on any atom is -0.379 e. The molecular weight excluding hydrogens is 180 g/mol. The molecule has 0 aromatic rings. The van der Waals surface area contributed by atoms with Gasteiger partial charge in [-0.05, 0) is 19.4 Å². The molecular formula is C10H18N2O2. The van der Waals surface area contributed by atoms with Gasteiger partial charge in [0.1, 0.15) is 6.29 Å². The number of nitrogens with zero attached hydrogens (tertiary/aromatic N) is 1. The summed E-state index contributed by atoms with van der Waals surface area (Å²) in [6.07, 6.45) is 3.56. The van der Waals surface area contributed by atoms with Crippen LogP contribution in [0, 0.1) is 0 Å². The highest BCUT2D eigenvalue weighted by atomic mass is 16.5. The van der Waals surface area contributed by atoms with Gasteiger partial charge in [0.2, 0.25) is 0 Å². The molecule has 2 unspecified atom stereocenters. The zero-order valence-corrected chi connectivity index (χ0v) is 8.61. The molecule has 0 spiro atoms. The number of hydrogen-bond acceptors (Lipinski definition) is 4. The standard InChI is InChI=1S/C10H18N2O2/c1-14-10-5-12(6-10)9-2-3-11-8(4-9)7-13/h7-11H,2-6H2,1H3. The van der Waals surface area contributed by atoms with Crippen LogP contribution in [0.3, 0.4) is 0 Å². The molecule has 0 amide bonds. The van der Waals surface area contributed by atoms with Crippen molar-refractivity contribution in [2.24, 2.45) is 0 Å². The van der Waals surface area contributed by atoms with Crippen molar-refractivity contribution in [1.82, 2.24) is 10.2 Å². The second-order valence-electron chi connectivity index (χ2n) is 4.19. The van der Waals surface area contributed by atoms with Crippen LogP contribution in [-0.4, -0.2) is 56.1 Å². The van der Waals surface area contributed by atoms with Crippen LogP contribution in [0.5, 0.6) is 0 Å². The van der Waals surface area contributed by atoms with Crippen LogP contribution in [-0.2, 0) is 9.53 Å². The Labute approximate surface area is 84.6 Å². The first-order valence-electron chi connectivity index (χ1n) is 5.29. The molecule has 2 saturated heterocycles. The van der Waals surface area contributed by atoms with Crippen LogP contribution in [0.15, 0.2) is 0 Å². The molecule has 2 atom stereocenters. The van der Waals surface area contributed by atoms with Gasteiger partial charge in [-0.3, -0.25) is 4.90 Å². The topological polar surface area (TPSA) is 41.6 Å². The smallest absolute Gasteiger partial charge is 0.136 e. The van der Waals surface area contributed by atoms with Gasteiger partial charge in [0.15, 0.2) is 0 Å². The van der Waals surface area contributed by atoms with E-state index in [1.165, 1.54) is 0 Å². The number of methoxy groups -OCH3 is 1. The Morgan fingerprint density at radius 2 is 2.29 bits per heavy atom. The molecule has 0 saturated carbocycles. The van der Waals surface area contributed by atoms with Crippen molar-refractivity contribution in [2.75, 3.05) is 26.7 Å². The second-order valence-corrected chi connectivity index (χ2v) is 4.19. The first-order chi connectivity index (χ1) is 6.83. The summed E-state index contributed by atoms with van der Waals surface area (Å²) in [5, 5.41) is 3.20. The van der Waals surface area contributed by atoms with Gasteiger partial charge < -0.3 is 14.8 Å². The third kappa shape index (κ3) is 1.97. The van der Waals surface area contributed by atoms with E-state index in [-0.39, 0.29) is 6.04 Å². The number of carbonyl (C=O) groups excluding carboxylic acids is 1. The third-order valence-corrected chi connectivity index (χ3v) is 3.30. The zero-order chi connectivity index (χ0) is 9.97. The van der Waals surface area contributed by atoms with Gasteiger partial charge in [-0.2, -0.15) is 0 Å². The minimum absolute atomic E-state index is 0.0651. The summed E-state index contributed by atoms with van der Waals surface area (Å²) in [4.78, 5) is 13.1. The lowest BCUT2D eigenvalue weighted by molar-refractivity contribution is -0.111. The van der Waals surface area contributed by atoms with Crippen molar-refractivity contribution in [3.05, 3.63) is 0 Å². The molecule has 80 valence electrons. The maximum Gasteiger partial charge on any atom is 0.136 e. The number of aldehydes is 1. The van der Waals surface area contributed by atoms with Crippen LogP contribution in [0.25, 0.3) is 0 Å². The lowest BCUT2D eigenvalue weighted by atomic mass is 9.95. The Hall–Kier alpha value is -0.450. The van der Waals surface area contributed by atoms with E-state index in [1.807, 2.05) is 0 Å². The van der Waals surface area contributed by atoms with Crippen molar-refractivity contribution in [1.29, 1.82) is 0 Å². The van der Waals surface area contributed by atoms with E-state index in [2.05, 4.69) is 10.2 Å². The van der Waals surface area contributed by atoms with Gasteiger partial charge in [-0.25, -0.2) is 0 Å². The van der Waals surface area contributed by atoms with E-state index >= 15 is 0 Å². The molecule has 4 nitrogen and oxygen atoms in total. The van der Waals surface area contributed by atoms with Gasteiger partial charge in [-0.15, -0.1) is 0 Å². The number of piperidine rings is 1. The molecule has 4 heteroatoms. The summed E-state index contributed by atoms with van der Waals surface area (Å²) >= 11 is 0. The molecule has 2 fully saturated rings. The third-order valence-electron chi connectivity index (χ3n) is 3.30. The summed E-state index contributed by atoms with van der Waals surface area (Å²) < 4.78 is 5.23. The maximum absolute atomic E-state index is 10.6. The number of hydrogen-bond donors (Lipinski definition) is 1. The Kier molecular flexibility index (Phi) is 3.15. The van der Waals surface area contributed by atoms with Gasteiger partial charge in [0.25, 0.3) is 0 Å². The Balaban J connectivity index is 1.78. The molecule has 2 aliphatic rings. The van der Waals surface area contributed by atoms with E-state index in [0.29, 0.717) is 12.1 Å². The predicted molar refractivity (Wildman–Crippen MR) is 53.2 cm³/mol. The van der Waals surface area contributed by atoms with Crippen molar-refractivity contribution >= 4 is 6.29 Å². The number of nitrogens with one attached hydrogen (secondary N) is 1. The van der Waals surface area contributed by atoms with Crippen molar-refractivity contribution in [3.8, 4) is 0 Å². The van der Waals surface area contributed by atoms with Crippen LogP contribution >= 0.6 is 0 Å². The minimum atomic E-state index is 0.0651. The Morgan fingerprint density at radius 3 is 2.93 bits per heavy atom. The molecule has 0 aromatic heterocycles. The second kappa shape index (κ2) is 4.38. The number of likely N-dealkylation sites (tertiary alicyclic amines) is 1. The van der Waals surface area contributed by atoms with Crippen LogP contribution in [0.4, 0.5) is 0 Å². The van der Waals surface area contributed by atoms with Crippen LogP contribution < -0.4 is 5.32 Å². The number of rotatable bonds is 3. The first kappa shape index (κ1) is 10.1. The Bertz CT molecular complexity index is 204. The van der Waals surface area contributed by atoms with Gasteiger partial charge in [0, 0.05) is 26.2 Å². The van der Waals surface area contributed by atoms with Crippen LogP contribution in [0.2, 0.25) is 0 Å². The fraction of sp³-hybridized carbons (Fsp3) is 0.900. The fourth-order valence-corrected chi connectivity index (χ4v) is 2.28. The summed E-state index contributed by atoms with van der Waals surface area (Å²) in [6.45, 7) is 3.03. The molecule has 0 aromatic carbocycles. The molecule has 0 bridgehead atoms. The highest BCUT2D eigenvalue weighted by molar-refractivity contribution is 5.57. The molecule has 2 heterocycles. The SMILES string of the molecule is COC1CN(C2CCNC(C=O)C2)C1. The van der Waals surface area contributed by atoms with E-state index in [0.717, 1.165) is 38.8 Å². The first-order valence-corrected chi connectivity index (χ1v) is 5.29. The fourth-order valence-electron chi connectivity index (χ4n) is 2.28. The van der Waals surface area contributed by atoms with E-state index in [4.69, 9.17) is 4.74 Å². The highest BCUT2D eigenvalue weighted by Gasteiger charge is 2.34. The molecule has 2 rings (SSSR count). The lowest BCUT2D eigenvalue weighted by Gasteiger charge is -2.45. The largest absolute Gasteiger partial charge is 0.379 e. The monoisotopic (exact) mass is 198 g/mol. The van der Waals surface area contributed by atoms with Gasteiger partial charge in [-0.1, -0.05) is 0 Å². The molecule has 0 aliphatic carbocycles. The quantitative estimate of drug-likeness (QED) is 0.629. The van der Waals surface area contributed by atoms with Crippen molar-refractivity contribution in [3.63, 3.8) is 0 Å². The van der Waals surface area contributed by atoms with Crippen LogP contribution in [0.1, 0.15) is 12.8 Å². The van der Waals surface area contributed by atoms with E-state index in [1.54, 1.807) is 7.11 Å². The van der Waals surface area contributed by atoms with Gasteiger partial charge in [0.05, 0.1) is 12.1 Å². The number of ether oxygens (including phenoxy) is 1. The van der Waals surface area contributed by atoms with Gasteiger partial charge >= 0.3 is 0 Å². The average molecular weight is 198 g/mol. The molecule has 0 radical (unpaired) electrons. The van der Waals surface area contributed by atoms with E-state index < -0.39 is 0 Å². The zero-order valence-electron chi connectivity index (χ0n) is 8.61. The summed E-state index contributed by atoms with van der Waals surface area (Å²) in [5.74, 6) is 0. The molecule has 14 heavy (non-hydrogen) atoms. The predicted octanol–water partition coefficient (Wildman–Crippen LogP) is -0.363. The van der Waals surface area contributed by atoms with Crippen molar-refractivity contribution in [2.45, 2.75) is 31.0 Å². The number of carbonyl (C=O) groups is 1. The Morgan fingerprint density at radius 1 is 1.50 bits per heavy atom. The highest BCUT2D eigenvalue weighted by Crippen LogP contribution is 2.21. The molecule has 2 aliphatic heterocycles. The van der Waals surface area contributed by atoms with Crippen molar-refractivity contribution < 1.29 is 9.53 Å². The molecule has 1 N–H and O–H groups in total. The average Bonchev–Trinajstić information content (AvgIpc) is 2.17. The summed E-state index contributed by atoms with van der Waals surface area (Å²) in [6, 6.07) is 0.646. The normalized spacial score (nSPS) is 35.2. The van der Waals surface area contributed by atoms with E-state index in [9.17, 15) is 4.79 Å². The summed E-state index contributed by atoms with van der Waals surface area (Å²) in [7, 11) is 1.76. The maximum atomic E-state index is 10.6.